The van der Waals surface area contributed by atoms with Crippen molar-refractivity contribution in [2.45, 2.75) is 82.5 Å². The lowest BCUT2D eigenvalue weighted by Gasteiger charge is -2.36. The molecule has 2 aromatic carbocycles. The summed E-state index contributed by atoms with van der Waals surface area (Å²) < 4.78 is 16.5. The number of pyridine rings is 1. The number of hydrogen-bond acceptors (Lipinski definition) is 10. The van der Waals surface area contributed by atoms with Gasteiger partial charge in [0.05, 0.1) is 36.2 Å². The van der Waals surface area contributed by atoms with Crippen LogP contribution in [0.1, 0.15) is 61.9 Å². The number of alkyl carbamates (subject to hydrolysis) is 1. The number of nitrogens with one attached hydrogen (secondary N) is 1. The van der Waals surface area contributed by atoms with Gasteiger partial charge >= 0.3 is 12.1 Å². The zero-order valence-electron chi connectivity index (χ0n) is 32.3. The molecule has 5 N–H and O–H groups in total. The van der Waals surface area contributed by atoms with E-state index >= 15 is 0 Å². The van der Waals surface area contributed by atoms with E-state index in [-0.39, 0.29) is 36.9 Å². The Kier molecular flexibility index (Phi) is 15.1. The van der Waals surface area contributed by atoms with Crippen molar-refractivity contribution in [2.24, 2.45) is 0 Å². The number of epoxide rings is 1. The minimum atomic E-state index is -1.37. The first-order valence-corrected chi connectivity index (χ1v) is 19.1. The summed E-state index contributed by atoms with van der Waals surface area (Å²) in [6.07, 6.45) is 9.92. The molecule has 2 saturated heterocycles. The van der Waals surface area contributed by atoms with E-state index < -0.39 is 29.9 Å². The number of carbonyl (C=O) groups is 4. The summed E-state index contributed by atoms with van der Waals surface area (Å²) in [4.78, 5) is 55.2. The Morgan fingerprint density at radius 3 is 2.62 bits per heavy atom. The molecule has 3 aliphatic rings. The number of allylic oxidation sites excluding steroid dienone is 3. The second-order valence-corrected chi connectivity index (χ2v) is 14.2. The molecule has 0 radical (unpaired) electrons. The number of halogens is 2. The van der Waals surface area contributed by atoms with Crippen molar-refractivity contribution < 1.29 is 43.6 Å². The van der Waals surface area contributed by atoms with Gasteiger partial charge in [0.2, 0.25) is 5.91 Å². The number of nitrogens with two attached hydrogens (primary N) is 1. The predicted octanol–water partition coefficient (Wildman–Crippen LogP) is 6.10. The molecule has 56 heavy (non-hydrogen) atoms. The van der Waals surface area contributed by atoms with Crippen LogP contribution in [0.25, 0.3) is 10.9 Å². The number of aliphatic carboxylic acids is 1. The topological polar surface area (TPSA) is 197 Å². The number of rotatable bonds is 4. The number of carbonyl (C=O) groups excluding carboxylic acids is 3. The van der Waals surface area contributed by atoms with Crippen LogP contribution in [0.5, 0.6) is 5.75 Å². The number of anilines is 2. The van der Waals surface area contributed by atoms with Crippen LogP contribution in [0.2, 0.25) is 5.02 Å². The molecule has 3 aliphatic heterocycles. The molecule has 3 aromatic rings. The summed E-state index contributed by atoms with van der Waals surface area (Å²) in [5, 5.41) is 23.4. The molecule has 14 nitrogen and oxygen atoms in total. The number of aromatic nitrogens is 1. The number of hydrogen-bond donors (Lipinski definition) is 4. The quantitative estimate of drug-likeness (QED) is 0.135. The number of amides is 3. The molecule has 6 rings (SSSR count). The number of carboxylic acids is 1. The van der Waals surface area contributed by atoms with Gasteiger partial charge < -0.3 is 40.0 Å². The predicted molar refractivity (Wildman–Crippen MR) is 215 cm³/mol. The van der Waals surface area contributed by atoms with Crippen molar-refractivity contribution in [3.8, 4) is 5.75 Å². The molecular weight excluding hydrogens is 765 g/mol. The van der Waals surface area contributed by atoms with E-state index in [0.717, 1.165) is 11.1 Å². The van der Waals surface area contributed by atoms with Crippen LogP contribution in [0, 0.1) is 0 Å². The van der Waals surface area contributed by atoms with E-state index in [1.54, 1.807) is 49.5 Å². The molecular formula is C40H49Cl2N5O9. The van der Waals surface area contributed by atoms with Gasteiger partial charge in [-0.05, 0) is 62.6 Å². The van der Waals surface area contributed by atoms with E-state index in [1.807, 2.05) is 37.3 Å². The Morgan fingerprint density at radius 1 is 1.20 bits per heavy atom. The molecule has 3 unspecified atom stereocenters. The van der Waals surface area contributed by atoms with Gasteiger partial charge in [-0.3, -0.25) is 19.9 Å². The third-order valence-electron chi connectivity index (χ3n) is 9.78. The molecule has 0 aliphatic carbocycles. The van der Waals surface area contributed by atoms with Gasteiger partial charge in [-0.1, -0.05) is 41.5 Å². The standard InChI is InChI=1S/C25H31ClN2O6.C14H15N3O3.CH3Cl/c1-15-6-4-5-9-25(31)14-17(33-24(30)27-25)13-20-19(34-20)7-8-22(29)28(2)18-11-16(10-15)12-21(32-3)23(18)26;1-8(14(19)20)17(2)13(18)10-5-6-11(15)12-9(10)4-3-7-16-12;1-2/h4-6,11-12,17,19-20,31H,7-10,13-14H2,1-3H3,(H,27,30);3-8H,15H2,1-2H3,(H,19,20);1H3/b5-4+,15-6+;;/t17?,19?,20?,25-;8-;/m10./s1. The number of nitrogen functional groups attached to an aromatic ring is 1. The van der Waals surface area contributed by atoms with E-state index in [1.165, 1.54) is 25.3 Å². The van der Waals surface area contributed by atoms with Crippen molar-refractivity contribution in [2.75, 3.05) is 38.2 Å². The van der Waals surface area contributed by atoms with Gasteiger partial charge in [0, 0.05) is 63.3 Å². The highest BCUT2D eigenvalue weighted by atomic mass is 35.5. The summed E-state index contributed by atoms with van der Waals surface area (Å²) in [6, 6.07) is 9.51. The molecule has 0 saturated carbocycles. The fourth-order valence-electron chi connectivity index (χ4n) is 6.50. The highest BCUT2D eigenvalue weighted by molar-refractivity contribution is 6.35. The number of likely N-dealkylation sites (N-methyl/N-ethyl adjacent to an activating group) is 1. The molecule has 3 amide bonds. The SMILES string of the molecule is CCl.COc1cc2cc(c1Cl)N(C)C(=O)CCC1OC1CC1C[C@](O)(C/C=C/C=C(\C)C2)NC(=O)O1.C[C@@H](C(=O)O)N(C)C(=O)c1ccc(N)c2ncccc12. The first-order chi connectivity index (χ1) is 26.6. The van der Waals surface area contributed by atoms with Gasteiger partial charge in [0.25, 0.3) is 5.91 Å². The zero-order valence-corrected chi connectivity index (χ0v) is 33.8. The van der Waals surface area contributed by atoms with E-state index in [0.29, 0.717) is 64.3 Å². The number of alkyl halides is 1. The maximum atomic E-state index is 12.9. The van der Waals surface area contributed by atoms with E-state index in [4.69, 9.17) is 36.7 Å². The fourth-order valence-corrected chi connectivity index (χ4v) is 6.81. The smallest absolute Gasteiger partial charge is 0.409 e. The Hall–Kier alpha value is -4.89. The van der Waals surface area contributed by atoms with Crippen LogP contribution >= 0.6 is 23.2 Å². The molecule has 16 heteroatoms. The van der Waals surface area contributed by atoms with E-state index in [9.17, 15) is 24.3 Å². The van der Waals surface area contributed by atoms with Crippen molar-refractivity contribution in [3.05, 3.63) is 82.5 Å². The van der Waals surface area contributed by atoms with E-state index in [2.05, 4.69) is 21.9 Å². The lowest BCUT2D eigenvalue weighted by Crippen LogP contribution is -2.56. The molecule has 4 heterocycles. The van der Waals surface area contributed by atoms with Gasteiger partial charge in [-0.2, -0.15) is 0 Å². The van der Waals surface area contributed by atoms with Crippen LogP contribution < -0.4 is 20.7 Å². The Morgan fingerprint density at radius 2 is 1.93 bits per heavy atom. The molecule has 0 spiro atoms. The average Bonchev–Trinajstić information content (AvgIpc) is 3.92. The van der Waals surface area contributed by atoms with Gasteiger partial charge in [-0.15, -0.1) is 11.6 Å². The van der Waals surface area contributed by atoms with Crippen LogP contribution in [0.4, 0.5) is 16.2 Å². The molecule has 4 bridgehead atoms. The maximum absolute atomic E-state index is 12.9. The summed E-state index contributed by atoms with van der Waals surface area (Å²) in [5.41, 5.74) is 8.48. The number of nitrogens with zero attached hydrogens (tertiary/aromatic N) is 3. The highest BCUT2D eigenvalue weighted by Gasteiger charge is 2.45. The fraction of sp³-hybridized carbons (Fsp3) is 0.425. The third-order valence-corrected chi connectivity index (χ3v) is 10.2. The number of ether oxygens (including phenoxy) is 3. The molecule has 2 fully saturated rings. The van der Waals surface area contributed by atoms with Crippen LogP contribution in [-0.4, -0.2) is 102 Å². The second-order valence-electron chi connectivity index (χ2n) is 13.8. The van der Waals surface area contributed by atoms with Crippen molar-refractivity contribution >= 4 is 69.4 Å². The summed E-state index contributed by atoms with van der Waals surface area (Å²) in [7, 11) is 4.72. The maximum Gasteiger partial charge on any atom is 0.409 e. The number of methoxy groups -OCH3 is 1. The number of benzene rings is 2. The first kappa shape index (κ1) is 43.8. The normalized spacial score (nSPS) is 24.2. The zero-order chi connectivity index (χ0) is 41.3. The highest BCUT2D eigenvalue weighted by Crippen LogP contribution is 2.38. The monoisotopic (exact) mass is 813 g/mol. The van der Waals surface area contributed by atoms with Crippen LogP contribution in [-0.2, 0) is 25.5 Å². The molecule has 5 atom stereocenters. The number of carboxylic acid groups (broad SMARTS) is 1. The Bertz CT molecular complexity index is 1990. The number of fused-ring (bicyclic) bond motifs is 6. The lowest BCUT2D eigenvalue weighted by molar-refractivity contribution is -0.141. The first-order valence-electron chi connectivity index (χ1n) is 17.9. The van der Waals surface area contributed by atoms with Crippen molar-refractivity contribution in [1.29, 1.82) is 0 Å². The van der Waals surface area contributed by atoms with Gasteiger partial charge in [-0.25, -0.2) is 9.59 Å². The summed E-state index contributed by atoms with van der Waals surface area (Å²) in [5.74, 6) is -0.998. The third kappa shape index (κ3) is 10.9. The number of aliphatic hydroxyl groups is 1. The second kappa shape index (κ2) is 19.3. The average molecular weight is 815 g/mol. The van der Waals surface area contributed by atoms with Crippen molar-refractivity contribution in [3.63, 3.8) is 0 Å². The minimum Gasteiger partial charge on any atom is -0.495 e. The summed E-state index contributed by atoms with van der Waals surface area (Å²) in [6.45, 7) is 3.45. The summed E-state index contributed by atoms with van der Waals surface area (Å²) >= 11 is 11.2. The van der Waals surface area contributed by atoms with Crippen LogP contribution in [0.15, 0.2) is 66.4 Å². The van der Waals surface area contributed by atoms with Crippen LogP contribution in [0.3, 0.4) is 0 Å². The largest absolute Gasteiger partial charge is 0.495 e. The minimum absolute atomic E-state index is 0.0777. The molecule has 302 valence electrons. The van der Waals surface area contributed by atoms with Gasteiger partial charge in [0.15, 0.2) is 0 Å². The lowest BCUT2D eigenvalue weighted by atomic mass is 9.96. The molecule has 1 aromatic heterocycles. The Labute approximate surface area is 336 Å². The van der Waals surface area contributed by atoms with Crippen molar-refractivity contribution in [1.82, 2.24) is 15.2 Å². The Balaban J connectivity index is 0.000000269. The van der Waals surface area contributed by atoms with Gasteiger partial charge in [0.1, 0.15) is 28.6 Å².